The topological polar surface area (TPSA) is 76.7 Å². The molecule has 1 atom stereocenters. The second kappa shape index (κ2) is 9.20. The summed E-state index contributed by atoms with van der Waals surface area (Å²) < 4.78 is 13.1. The summed E-state index contributed by atoms with van der Waals surface area (Å²) in [5, 5.41) is 7.12. The lowest BCUT2D eigenvalue weighted by molar-refractivity contribution is -0.126. The summed E-state index contributed by atoms with van der Waals surface area (Å²) in [6.07, 6.45) is 0. The molecule has 0 aliphatic rings. The maximum atomic E-state index is 13.1. The summed E-state index contributed by atoms with van der Waals surface area (Å²) in [6, 6.07) is 12.6. The van der Waals surface area contributed by atoms with E-state index < -0.39 is 0 Å². The summed E-state index contributed by atoms with van der Waals surface area (Å²) in [4.78, 5) is 17.2. The molecule has 0 fully saturated rings. The van der Waals surface area contributed by atoms with Gasteiger partial charge < -0.3 is 15.9 Å². The van der Waals surface area contributed by atoms with Crippen molar-refractivity contribution in [3.8, 4) is 0 Å². The lowest BCUT2D eigenvalue weighted by atomic mass is 9.96. The van der Waals surface area contributed by atoms with Crippen molar-refractivity contribution in [2.75, 3.05) is 6.61 Å². The Bertz CT molecular complexity index is 779. The van der Waals surface area contributed by atoms with Gasteiger partial charge in [0.05, 0.1) is 6.04 Å². The summed E-state index contributed by atoms with van der Waals surface area (Å²) in [5.41, 5.74) is 7.22. The smallest absolute Gasteiger partial charge is 0.261 e. The number of carbonyl (C=O) groups excluding carboxylic acids is 1. The molecule has 2 aromatic rings. The van der Waals surface area contributed by atoms with Gasteiger partial charge in [0.2, 0.25) is 0 Å². The van der Waals surface area contributed by atoms with Crippen molar-refractivity contribution in [2.24, 2.45) is 16.8 Å². The Morgan fingerprint density at radius 1 is 1.27 bits per heavy atom. The Labute approximate surface area is 157 Å². The minimum Gasteiger partial charge on any atom is -0.384 e. The van der Waals surface area contributed by atoms with Crippen LogP contribution in [-0.2, 0) is 9.63 Å². The van der Waals surface area contributed by atoms with Crippen LogP contribution >= 0.6 is 11.6 Å². The van der Waals surface area contributed by atoms with Crippen molar-refractivity contribution in [2.45, 2.75) is 19.9 Å². The van der Waals surface area contributed by atoms with E-state index in [1.165, 1.54) is 12.1 Å². The number of carbonyl (C=O) groups is 1. The van der Waals surface area contributed by atoms with Crippen LogP contribution in [0.1, 0.15) is 31.0 Å². The second-order valence-corrected chi connectivity index (χ2v) is 6.54. The van der Waals surface area contributed by atoms with Crippen molar-refractivity contribution >= 4 is 23.3 Å². The first-order valence-corrected chi connectivity index (χ1v) is 8.51. The van der Waals surface area contributed by atoms with E-state index in [0.29, 0.717) is 10.6 Å². The molecule has 26 heavy (non-hydrogen) atoms. The highest BCUT2D eigenvalue weighted by Crippen LogP contribution is 2.21. The maximum absolute atomic E-state index is 13.1. The van der Waals surface area contributed by atoms with Gasteiger partial charge in [0.1, 0.15) is 5.82 Å². The van der Waals surface area contributed by atoms with Crippen LogP contribution < -0.4 is 11.1 Å². The Kier molecular flexibility index (Phi) is 6.97. The Morgan fingerprint density at radius 2 is 1.96 bits per heavy atom. The van der Waals surface area contributed by atoms with Crippen LogP contribution in [0.5, 0.6) is 0 Å². The van der Waals surface area contributed by atoms with Gasteiger partial charge in [-0.25, -0.2) is 4.39 Å². The average Bonchev–Trinajstić information content (AvgIpc) is 2.60. The molecule has 1 amide bonds. The second-order valence-electron chi connectivity index (χ2n) is 6.10. The zero-order valence-electron chi connectivity index (χ0n) is 14.6. The minimum absolute atomic E-state index is 0.115. The van der Waals surface area contributed by atoms with E-state index in [-0.39, 0.29) is 36.1 Å². The Balaban J connectivity index is 1.94. The van der Waals surface area contributed by atoms with Gasteiger partial charge in [-0.2, -0.15) is 0 Å². The summed E-state index contributed by atoms with van der Waals surface area (Å²) in [6.45, 7) is 3.64. The molecule has 0 aliphatic heterocycles. The number of halogens is 2. The summed E-state index contributed by atoms with van der Waals surface area (Å²) >= 11 is 5.89. The average molecular weight is 378 g/mol. The maximum Gasteiger partial charge on any atom is 0.261 e. The largest absolute Gasteiger partial charge is 0.384 e. The fraction of sp³-hybridized carbons (Fsp3) is 0.263. The van der Waals surface area contributed by atoms with Crippen LogP contribution in [0.4, 0.5) is 4.39 Å². The first kappa shape index (κ1) is 19.7. The first-order valence-electron chi connectivity index (χ1n) is 8.13. The highest BCUT2D eigenvalue weighted by atomic mass is 35.5. The Morgan fingerprint density at radius 3 is 2.58 bits per heavy atom. The molecule has 138 valence electrons. The number of nitrogens with one attached hydrogen (secondary N) is 1. The third-order valence-electron chi connectivity index (χ3n) is 3.69. The van der Waals surface area contributed by atoms with Crippen molar-refractivity contribution in [1.82, 2.24) is 5.32 Å². The third kappa shape index (κ3) is 5.74. The SMILES string of the molecule is CC(C)C(NC(=O)CO/N=C(\N)c1cccc(Cl)c1)c1ccc(F)cc1. The molecule has 3 N–H and O–H groups in total. The molecule has 5 nitrogen and oxygen atoms in total. The van der Waals surface area contributed by atoms with Crippen molar-refractivity contribution < 1.29 is 14.0 Å². The number of hydrogen-bond acceptors (Lipinski definition) is 3. The monoisotopic (exact) mass is 377 g/mol. The number of amidine groups is 1. The van der Waals surface area contributed by atoms with E-state index in [9.17, 15) is 9.18 Å². The van der Waals surface area contributed by atoms with Crippen LogP contribution in [0.15, 0.2) is 53.7 Å². The van der Waals surface area contributed by atoms with Crippen LogP contribution in [0.3, 0.4) is 0 Å². The van der Waals surface area contributed by atoms with Crippen LogP contribution in [0, 0.1) is 11.7 Å². The molecule has 0 aromatic heterocycles. The summed E-state index contributed by atoms with van der Waals surface area (Å²) in [7, 11) is 0. The zero-order valence-corrected chi connectivity index (χ0v) is 15.3. The van der Waals surface area contributed by atoms with Gasteiger partial charge >= 0.3 is 0 Å². The fourth-order valence-corrected chi connectivity index (χ4v) is 2.57. The lowest BCUT2D eigenvalue weighted by Crippen LogP contribution is -2.34. The molecule has 7 heteroatoms. The van der Waals surface area contributed by atoms with E-state index in [1.54, 1.807) is 36.4 Å². The molecule has 0 spiro atoms. The van der Waals surface area contributed by atoms with Crippen molar-refractivity contribution in [3.63, 3.8) is 0 Å². The number of benzene rings is 2. The van der Waals surface area contributed by atoms with Crippen LogP contribution in [0.25, 0.3) is 0 Å². The van der Waals surface area contributed by atoms with Gasteiger partial charge in [0.25, 0.3) is 5.91 Å². The number of nitrogens with zero attached hydrogens (tertiary/aromatic N) is 1. The molecule has 0 radical (unpaired) electrons. The van der Waals surface area contributed by atoms with Crippen molar-refractivity contribution in [1.29, 1.82) is 0 Å². The quantitative estimate of drug-likeness (QED) is 0.439. The number of oxime groups is 1. The van der Waals surface area contributed by atoms with Crippen molar-refractivity contribution in [3.05, 3.63) is 70.5 Å². The van der Waals surface area contributed by atoms with Crippen LogP contribution in [-0.4, -0.2) is 18.3 Å². The predicted octanol–water partition coefficient (Wildman–Crippen LogP) is 3.63. The highest BCUT2D eigenvalue weighted by Gasteiger charge is 2.18. The number of amides is 1. The minimum atomic E-state index is -0.351. The number of nitrogens with two attached hydrogens (primary N) is 1. The molecule has 2 rings (SSSR count). The number of hydrogen-bond donors (Lipinski definition) is 2. The molecular weight excluding hydrogens is 357 g/mol. The third-order valence-corrected chi connectivity index (χ3v) is 3.93. The van der Waals surface area contributed by atoms with Crippen LogP contribution in [0.2, 0.25) is 5.02 Å². The van der Waals surface area contributed by atoms with Gasteiger partial charge in [0.15, 0.2) is 12.4 Å². The lowest BCUT2D eigenvalue weighted by Gasteiger charge is -2.22. The standard InChI is InChI=1S/C19H21ClFN3O2/c1-12(2)18(13-6-8-16(21)9-7-13)23-17(25)11-26-24-19(22)14-4-3-5-15(20)10-14/h3-10,12,18H,11H2,1-2H3,(H2,22,24)(H,23,25). The molecule has 0 saturated carbocycles. The first-order chi connectivity index (χ1) is 12.4. The normalized spacial score (nSPS) is 12.7. The van der Waals surface area contributed by atoms with E-state index in [2.05, 4.69) is 10.5 Å². The molecule has 2 aromatic carbocycles. The van der Waals surface area contributed by atoms with Gasteiger partial charge in [-0.1, -0.05) is 54.9 Å². The van der Waals surface area contributed by atoms with Gasteiger partial charge in [-0.3, -0.25) is 4.79 Å². The van der Waals surface area contributed by atoms with E-state index >= 15 is 0 Å². The number of rotatable bonds is 7. The molecule has 0 heterocycles. The van der Waals surface area contributed by atoms with E-state index in [4.69, 9.17) is 22.2 Å². The molecule has 0 aliphatic carbocycles. The molecule has 1 unspecified atom stereocenters. The molecular formula is C19H21ClFN3O2. The summed E-state index contributed by atoms with van der Waals surface area (Å²) in [5.74, 6) is -0.434. The molecule has 0 bridgehead atoms. The van der Waals surface area contributed by atoms with E-state index in [1.807, 2.05) is 13.8 Å². The molecule has 0 saturated heterocycles. The van der Waals surface area contributed by atoms with E-state index in [0.717, 1.165) is 5.56 Å². The van der Waals surface area contributed by atoms with Gasteiger partial charge in [0, 0.05) is 10.6 Å². The highest BCUT2D eigenvalue weighted by molar-refractivity contribution is 6.31. The van der Waals surface area contributed by atoms with Gasteiger partial charge in [-0.05, 0) is 35.7 Å². The fourth-order valence-electron chi connectivity index (χ4n) is 2.38. The predicted molar refractivity (Wildman–Crippen MR) is 100 cm³/mol. The van der Waals surface area contributed by atoms with Gasteiger partial charge in [-0.15, -0.1) is 0 Å². The Hall–Kier alpha value is -2.60. The zero-order chi connectivity index (χ0) is 19.1.